The number of rotatable bonds is 15. The first-order chi connectivity index (χ1) is 17.2. The Kier molecular flexibility index (Phi) is 10.5. The lowest BCUT2D eigenvalue weighted by Gasteiger charge is -2.39. The van der Waals surface area contributed by atoms with Crippen LogP contribution in [0.4, 0.5) is 0 Å². The SMILES string of the molecule is C=CCCCCOC(=O)[C@H]1[C@@H]2SC3(CC2Br)C(C(=O)N(CC=C)C(C)C)N(CCCCCO)C(=O)[C@H]13. The first-order valence-electron chi connectivity index (χ1n) is 13.2. The molecule has 3 fully saturated rings. The van der Waals surface area contributed by atoms with E-state index in [1.54, 1.807) is 27.6 Å². The number of thioether (sulfide) groups is 1. The molecule has 3 heterocycles. The number of halogens is 1. The van der Waals surface area contributed by atoms with Crippen LogP contribution in [-0.2, 0) is 19.1 Å². The maximum Gasteiger partial charge on any atom is 0.310 e. The number of esters is 1. The Morgan fingerprint density at radius 1 is 1.25 bits per heavy atom. The number of hydrogen-bond donors (Lipinski definition) is 1. The molecule has 202 valence electrons. The van der Waals surface area contributed by atoms with E-state index in [-0.39, 0.29) is 40.5 Å². The molecule has 6 atom stereocenters. The zero-order chi connectivity index (χ0) is 26.5. The summed E-state index contributed by atoms with van der Waals surface area (Å²) in [5.41, 5.74) is 0. The number of fused-ring (bicyclic) bond motifs is 1. The monoisotopic (exact) mass is 584 g/mol. The number of allylic oxidation sites excluding steroid dienone is 1. The molecule has 0 aromatic carbocycles. The van der Waals surface area contributed by atoms with Crippen LogP contribution in [0.3, 0.4) is 0 Å². The number of aliphatic hydroxyl groups is 1. The molecule has 1 spiro atoms. The molecule has 2 amide bonds. The van der Waals surface area contributed by atoms with Gasteiger partial charge in [0.1, 0.15) is 6.04 Å². The average Bonchev–Trinajstić information content (AvgIpc) is 3.43. The molecule has 0 radical (unpaired) electrons. The Hall–Kier alpha value is -1.32. The fraction of sp³-hybridized carbons (Fsp3) is 0.741. The van der Waals surface area contributed by atoms with E-state index in [0.717, 1.165) is 25.7 Å². The first kappa shape index (κ1) is 29.2. The maximum atomic E-state index is 14.1. The minimum absolute atomic E-state index is 0.0291. The van der Waals surface area contributed by atoms with Crippen molar-refractivity contribution in [1.82, 2.24) is 9.80 Å². The minimum Gasteiger partial charge on any atom is -0.465 e. The van der Waals surface area contributed by atoms with E-state index in [0.29, 0.717) is 39.0 Å². The predicted molar refractivity (Wildman–Crippen MR) is 147 cm³/mol. The van der Waals surface area contributed by atoms with E-state index in [4.69, 9.17) is 4.74 Å². The number of alkyl halides is 1. The van der Waals surface area contributed by atoms with E-state index in [9.17, 15) is 19.5 Å². The van der Waals surface area contributed by atoms with E-state index >= 15 is 0 Å². The molecule has 3 unspecified atom stereocenters. The second-order valence-corrected chi connectivity index (χ2v) is 13.0. The molecule has 3 saturated heterocycles. The van der Waals surface area contributed by atoms with Gasteiger partial charge in [-0.3, -0.25) is 14.4 Å². The molecule has 3 aliphatic heterocycles. The highest BCUT2D eigenvalue weighted by atomic mass is 79.9. The van der Waals surface area contributed by atoms with Gasteiger partial charge >= 0.3 is 5.97 Å². The summed E-state index contributed by atoms with van der Waals surface area (Å²) in [6.07, 6.45) is 8.89. The quantitative estimate of drug-likeness (QED) is 0.136. The highest BCUT2D eigenvalue weighted by Gasteiger charge is 2.76. The molecular formula is C27H41BrN2O5S. The summed E-state index contributed by atoms with van der Waals surface area (Å²) >= 11 is 5.43. The van der Waals surface area contributed by atoms with Crippen molar-refractivity contribution in [3.63, 3.8) is 0 Å². The fourth-order valence-electron chi connectivity index (χ4n) is 6.00. The van der Waals surface area contributed by atoms with Crippen molar-refractivity contribution in [1.29, 1.82) is 0 Å². The Balaban J connectivity index is 1.91. The second kappa shape index (κ2) is 13.0. The number of carbonyl (C=O) groups is 3. The van der Waals surface area contributed by atoms with Gasteiger partial charge in [0.15, 0.2) is 0 Å². The van der Waals surface area contributed by atoms with Crippen LogP contribution in [0.5, 0.6) is 0 Å². The molecule has 0 aromatic heterocycles. The van der Waals surface area contributed by atoms with Crippen molar-refractivity contribution in [2.45, 2.75) is 85.7 Å². The summed E-state index contributed by atoms with van der Waals surface area (Å²) in [6.45, 7) is 12.8. The summed E-state index contributed by atoms with van der Waals surface area (Å²) in [6, 6.07) is -0.677. The number of unbranched alkanes of at least 4 members (excludes halogenated alkanes) is 4. The molecule has 9 heteroatoms. The summed E-state index contributed by atoms with van der Waals surface area (Å²) in [4.78, 5) is 45.0. The van der Waals surface area contributed by atoms with Gasteiger partial charge in [-0.1, -0.05) is 28.1 Å². The van der Waals surface area contributed by atoms with Gasteiger partial charge in [-0.25, -0.2) is 0 Å². The fourth-order valence-corrected chi connectivity index (χ4v) is 9.60. The van der Waals surface area contributed by atoms with Crippen molar-refractivity contribution in [3.05, 3.63) is 25.3 Å². The molecule has 0 saturated carbocycles. The topological polar surface area (TPSA) is 87.2 Å². The summed E-state index contributed by atoms with van der Waals surface area (Å²) < 4.78 is 5.02. The second-order valence-electron chi connectivity index (χ2n) is 10.3. The molecular weight excluding hydrogens is 544 g/mol. The van der Waals surface area contributed by atoms with Gasteiger partial charge < -0.3 is 19.6 Å². The third-order valence-corrected chi connectivity index (χ3v) is 10.9. The molecule has 7 nitrogen and oxygen atoms in total. The van der Waals surface area contributed by atoms with Crippen molar-refractivity contribution < 1.29 is 24.2 Å². The van der Waals surface area contributed by atoms with Gasteiger partial charge in [0.2, 0.25) is 11.8 Å². The van der Waals surface area contributed by atoms with Crippen molar-refractivity contribution >= 4 is 45.5 Å². The Morgan fingerprint density at radius 3 is 2.64 bits per heavy atom. The number of carbonyl (C=O) groups excluding carboxylic acids is 3. The normalized spacial score (nSPS) is 30.5. The average molecular weight is 586 g/mol. The Labute approximate surface area is 228 Å². The largest absolute Gasteiger partial charge is 0.465 e. The molecule has 1 N–H and O–H groups in total. The number of ether oxygens (including phenoxy) is 1. The highest BCUT2D eigenvalue weighted by Crippen LogP contribution is 2.68. The Morgan fingerprint density at radius 2 is 2.00 bits per heavy atom. The molecule has 0 aliphatic carbocycles. The summed E-state index contributed by atoms with van der Waals surface area (Å²) in [5.74, 6) is -1.64. The predicted octanol–water partition coefficient (Wildman–Crippen LogP) is 3.94. The minimum atomic E-state index is -0.662. The number of amides is 2. The van der Waals surface area contributed by atoms with Crippen LogP contribution >= 0.6 is 27.7 Å². The van der Waals surface area contributed by atoms with Crippen LogP contribution < -0.4 is 0 Å². The van der Waals surface area contributed by atoms with Gasteiger partial charge in [0, 0.05) is 35.8 Å². The molecule has 36 heavy (non-hydrogen) atoms. The van der Waals surface area contributed by atoms with Gasteiger partial charge in [-0.15, -0.1) is 24.9 Å². The summed E-state index contributed by atoms with van der Waals surface area (Å²) in [5, 5.41) is 9.09. The third kappa shape index (κ3) is 5.58. The lowest BCUT2D eigenvalue weighted by atomic mass is 9.71. The summed E-state index contributed by atoms with van der Waals surface area (Å²) in [7, 11) is 0. The first-order valence-corrected chi connectivity index (χ1v) is 15.0. The van der Waals surface area contributed by atoms with Gasteiger partial charge in [0.05, 0.1) is 23.2 Å². The maximum absolute atomic E-state index is 14.1. The smallest absolute Gasteiger partial charge is 0.310 e. The standard InChI is InChI=1S/C27H41BrN2O5S/c1-5-7-8-12-16-35-26(34)20-21-24(32)30(14-10-9-11-15-31)23(25(33)29(13-6-2)18(3)4)27(21)17-19(28)22(20)36-27/h5-6,18-23,31H,1-2,7-17H2,3-4H3/t19?,20-,21+,22-,23?,27?/m1/s1. The van der Waals surface area contributed by atoms with Crippen molar-refractivity contribution in [2.75, 3.05) is 26.3 Å². The number of aliphatic hydroxyl groups excluding tert-OH is 1. The van der Waals surface area contributed by atoms with Gasteiger partial charge in [0.25, 0.3) is 0 Å². The van der Waals surface area contributed by atoms with E-state index in [1.807, 2.05) is 19.9 Å². The van der Waals surface area contributed by atoms with Crippen molar-refractivity contribution in [3.8, 4) is 0 Å². The molecule has 3 rings (SSSR count). The van der Waals surface area contributed by atoms with Crippen LogP contribution in [-0.4, -0.2) is 85.9 Å². The zero-order valence-corrected chi connectivity index (χ0v) is 24.0. The van der Waals surface area contributed by atoms with E-state index in [2.05, 4.69) is 29.1 Å². The van der Waals surface area contributed by atoms with Crippen LogP contribution in [0, 0.1) is 11.8 Å². The molecule has 0 aromatic rings. The van der Waals surface area contributed by atoms with Crippen molar-refractivity contribution in [2.24, 2.45) is 11.8 Å². The lowest BCUT2D eigenvalue weighted by molar-refractivity contribution is -0.154. The van der Waals surface area contributed by atoms with E-state index < -0.39 is 22.6 Å². The van der Waals surface area contributed by atoms with Crippen LogP contribution in [0.25, 0.3) is 0 Å². The Bertz CT molecular complexity index is 839. The van der Waals surface area contributed by atoms with Crippen LogP contribution in [0.1, 0.15) is 58.8 Å². The van der Waals surface area contributed by atoms with E-state index in [1.165, 1.54) is 0 Å². The zero-order valence-electron chi connectivity index (χ0n) is 21.6. The van der Waals surface area contributed by atoms with Crippen LogP contribution in [0.15, 0.2) is 25.3 Å². The number of likely N-dealkylation sites (tertiary alicyclic amines) is 1. The van der Waals surface area contributed by atoms with Crippen LogP contribution in [0.2, 0.25) is 0 Å². The lowest BCUT2D eigenvalue weighted by Crippen LogP contribution is -2.56. The third-order valence-electron chi connectivity index (χ3n) is 7.63. The van der Waals surface area contributed by atoms with Gasteiger partial charge in [-0.05, 0) is 58.8 Å². The number of nitrogens with zero attached hydrogens (tertiary/aromatic N) is 2. The molecule has 2 bridgehead atoms. The highest BCUT2D eigenvalue weighted by molar-refractivity contribution is 9.09. The molecule has 3 aliphatic rings. The van der Waals surface area contributed by atoms with Gasteiger partial charge in [-0.2, -0.15) is 0 Å². The number of hydrogen-bond acceptors (Lipinski definition) is 6.